The monoisotopic (exact) mass is 262 g/mol. The highest BCUT2D eigenvalue weighted by Gasteiger charge is 2.32. The van der Waals surface area contributed by atoms with Gasteiger partial charge in [-0.15, -0.1) is 0 Å². The van der Waals surface area contributed by atoms with Crippen molar-refractivity contribution in [1.29, 1.82) is 0 Å². The molecule has 5 nitrogen and oxygen atoms in total. The maximum atomic E-state index is 9.47. The lowest BCUT2D eigenvalue weighted by molar-refractivity contribution is 0.244. The van der Waals surface area contributed by atoms with Crippen LogP contribution in [0.1, 0.15) is 31.7 Å². The number of nitrogens with zero attached hydrogens (tertiary/aromatic N) is 3. The SMILES string of the molecule is CC1CCN(c2ncc(CNC3CC3)cn2)C1CO. The molecule has 2 N–H and O–H groups in total. The topological polar surface area (TPSA) is 61.3 Å². The molecule has 0 bridgehead atoms. The summed E-state index contributed by atoms with van der Waals surface area (Å²) < 4.78 is 0. The number of aliphatic hydroxyl groups excluding tert-OH is 1. The molecule has 1 saturated heterocycles. The average Bonchev–Trinajstić information content (AvgIpc) is 3.19. The van der Waals surface area contributed by atoms with Crippen molar-refractivity contribution >= 4 is 5.95 Å². The summed E-state index contributed by atoms with van der Waals surface area (Å²) in [5, 5.41) is 12.9. The normalized spacial score (nSPS) is 26.9. The lowest BCUT2D eigenvalue weighted by Crippen LogP contribution is -2.36. The van der Waals surface area contributed by atoms with E-state index in [1.165, 1.54) is 12.8 Å². The maximum Gasteiger partial charge on any atom is 0.225 e. The summed E-state index contributed by atoms with van der Waals surface area (Å²) in [6, 6.07) is 0.869. The van der Waals surface area contributed by atoms with E-state index in [1.807, 2.05) is 12.4 Å². The summed E-state index contributed by atoms with van der Waals surface area (Å²) in [7, 11) is 0. The molecular weight excluding hydrogens is 240 g/mol. The Bertz CT molecular complexity index is 418. The van der Waals surface area contributed by atoms with E-state index in [4.69, 9.17) is 0 Å². The largest absolute Gasteiger partial charge is 0.394 e. The molecule has 19 heavy (non-hydrogen) atoms. The van der Waals surface area contributed by atoms with Crippen LogP contribution in [0.3, 0.4) is 0 Å². The molecule has 2 atom stereocenters. The number of anilines is 1. The summed E-state index contributed by atoms with van der Waals surface area (Å²) in [5.74, 6) is 1.25. The summed E-state index contributed by atoms with van der Waals surface area (Å²) in [6.45, 7) is 4.14. The lowest BCUT2D eigenvalue weighted by atomic mass is 10.0. The number of rotatable bonds is 5. The third-order valence-electron chi connectivity index (χ3n) is 4.19. The van der Waals surface area contributed by atoms with Gasteiger partial charge in [0.1, 0.15) is 0 Å². The van der Waals surface area contributed by atoms with Crippen molar-refractivity contribution in [2.24, 2.45) is 5.92 Å². The van der Waals surface area contributed by atoms with Crippen molar-refractivity contribution in [3.63, 3.8) is 0 Å². The van der Waals surface area contributed by atoms with Gasteiger partial charge in [0.2, 0.25) is 5.95 Å². The maximum absolute atomic E-state index is 9.47. The van der Waals surface area contributed by atoms with Crippen LogP contribution in [0.4, 0.5) is 5.95 Å². The van der Waals surface area contributed by atoms with Crippen LogP contribution in [0.25, 0.3) is 0 Å². The molecule has 104 valence electrons. The molecule has 1 aromatic heterocycles. The first kappa shape index (κ1) is 12.8. The van der Waals surface area contributed by atoms with Gasteiger partial charge in [-0.3, -0.25) is 0 Å². The third kappa shape index (κ3) is 2.87. The first-order valence-electron chi connectivity index (χ1n) is 7.19. The molecule has 0 aromatic carbocycles. The van der Waals surface area contributed by atoms with Gasteiger partial charge in [0, 0.05) is 37.1 Å². The van der Waals surface area contributed by atoms with E-state index in [0.29, 0.717) is 12.0 Å². The predicted octanol–water partition coefficient (Wildman–Crippen LogP) is 0.936. The summed E-state index contributed by atoms with van der Waals surface area (Å²) in [4.78, 5) is 11.0. The summed E-state index contributed by atoms with van der Waals surface area (Å²) in [5.41, 5.74) is 1.13. The highest BCUT2D eigenvalue weighted by molar-refractivity contribution is 5.34. The van der Waals surface area contributed by atoms with Gasteiger partial charge >= 0.3 is 0 Å². The van der Waals surface area contributed by atoms with Crippen LogP contribution in [-0.4, -0.2) is 40.3 Å². The molecule has 1 saturated carbocycles. The van der Waals surface area contributed by atoms with Crippen LogP contribution < -0.4 is 10.2 Å². The van der Waals surface area contributed by atoms with Crippen molar-refractivity contribution in [2.45, 2.75) is 44.8 Å². The quantitative estimate of drug-likeness (QED) is 0.827. The zero-order valence-corrected chi connectivity index (χ0v) is 11.4. The Morgan fingerprint density at radius 3 is 2.68 bits per heavy atom. The van der Waals surface area contributed by atoms with E-state index in [1.54, 1.807) is 0 Å². The van der Waals surface area contributed by atoms with Gasteiger partial charge in [-0.25, -0.2) is 9.97 Å². The molecule has 0 spiro atoms. The van der Waals surface area contributed by atoms with Crippen LogP contribution in [0, 0.1) is 5.92 Å². The molecule has 2 fully saturated rings. The second-order valence-corrected chi connectivity index (χ2v) is 5.76. The van der Waals surface area contributed by atoms with E-state index in [0.717, 1.165) is 31.0 Å². The molecular formula is C14H22N4O. The van der Waals surface area contributed by atoms with Crippen molar-refractivity contribution in [1.82, 2.24) is 15.3 Å². The predicted molar refractivity (Wildman–Crippen MR) is 73.9 cm³/mol. The smallest absolute Gasteiger partial charge is 0.225 e. The van der Waals surface area contributed by atoms with Crippen molar-refractivity contribution in [3.8, 4) is 0 Å². The van der Waals surface area contributed by atoms with Gasteiger partial charge in [0.05, 0.1) is 12.6 Å². The van der Waals surface area contributed by atoms with Crippen molar-refractivity contribution in [3.05, 3.63) is 18.0 Å². The number of aliphatic hydroxyl groups is 1. The number of hydrogen-bond donors (Lipinski definition) is 2. The zero-order valence-electron chi connectivity index (χ0n) is 11.4. The Balaban J connectivity index is 1.64. The summed E-state index contributed by atoms with van der Waals surface area (Å²) >= 11 is 0. The Morgan fingerprint density at radius 2 is 2.05 bits per heavy atom. The van der Waals surface area contributed by atoms with Crippen LogP contribution in [0.5, 0.6) is 0 Å². The van der Waals surface area contributed by atoms with Crippen molar-refractivity contribution in [2.75, 3.05) is 18.1 Å². The van der Waals surface area contributed by atoms with Crippen LogP contribution >= 0.6 is 0 Å². The van der Waals surface area contributed by atoms with Gasteiger partial charge in [-0.2, -0.15) is 0 Å². The number of aromatic nitrogens is 2. The van der Waals surface area contributed by atoms with Gasteiger partial charge in [-0.1, -0.05) is 6.92 Å². The van der Waals surface area contributed by atoms with E-state index < -0.39 is 0 Å². The summed E-state index contributed by atoms with van der Waals surface area (Å²) in [6.07, 6.45) is 7.48. The highest BCUT2D eigenvalue weighted by Crippen LogP contribution is 2.26. The Labute approximate surface area is 114 Å². The second-order valence-electron chi connectivity index (χ2n) is 5.76. The third-order valence-corrected chi connectivity index (χ3v) is 4.19. The van der Waals surface area contributed by atoms with E-state index in [2.05, 4.69) is 27.1 Å². The van der Waals surface area contributed by atoms with Gasteiger partial charge in [0.15, 0.2) is 0 Å². The van der Waals surface area contributed by atoms with E-state index >= 15 is 0 Å². The van der Waals surface area contributed by atoms with E-state index in [9.17, 15) is 5.11 Å². The van der Waals surface area contributed by atoms with Gasteiger partial charge < -0.3 is 15.3 Å². The average molecular weight is 262 g/mol. The minimum absolute atomic E-state index is 0.162. The van der Waals surface area contributed by atoms with Gasteiger partial charge in [-0.05, 0) is 25.2 Å². The fourth-order valence-corrected chi connectivity index (χ4v) is 2.67. The molecule has 2 aliphatic rings. The number of hydrogen-bond acceptors (Lipinski definition) is 5. The molecule has 2 unspecified atom stereocenters. The molecule has 1 aromatic rings. The van der Waals surface area contributed by atoms with Gasteiger partial charge in [0.25, 0.3) is 0 Å². The Hall–Kier alpha value is -1.20. The molecule has 0 amide bonds. The first-order valence-corrected chi connectivity index (χ1v) is 7.19. The zero-order chi connectivity index (χ0) is 13.2. The molecule has 1 aliphatic heterocycles. The second kappa shape index (κ2) is 5.43. The number of nitrogens with one attached hydrogen (secondary N) is 1. The Kier molecular flexibility index (Phi) is 3.66. The highest BCUT2D eigenvalue weighted by atomic mass is 16.3. The minimum Gasteiger partial charge on any atom is -0.394 e. The molecule has 3 rings (SSSR count). The van der Waals surface area contributed by atoms with Crippen molar-refractivity contribution < 1.29 is 5.11 Å². The van der Waals surface area contributed by atoms with E-state index in [-0.39, 0.29) is 12.6 Å². The first-order chi connectivity index (χ1) is 9.28. The molecule has 2 heterocycles. The standard InChI is InChI=1S/C14H22N4O/c1-10-4-5-18(13(10)9-19)14-16-7-11(8-17-14)6-15-12-2-3-12/h7-8,10,12-13,15,19H,2-6,9H2,1H3. The van der Waals surface area contributed by atoms with Crippen LogP contribution in [-0.2, 0) is 6.54 Å². The lowest BCUT2D eigenvalue weighted by Gasteiger charge is -2.25. The van der Waals surface area contributed by atoms with Crippen LogP contribution in [0.2, 0.25) is 0 Å². The molecule has 0 radical (unpaired) electrons. The van der Waals surface area contributed by atoms with Crippen LogP contribution in [0.15, 0.2) is 12.4 Å². The minimum atomic E-state index is 0.162. The fraction of sp³-hybridized carbons (Fsp3) is 0.714. The fourth-order valence-electron chi connectivity index (χ4n) is 2.67. The molecule has 1 aliphatic carbocycles. The Morgan fingerprint density at radius 1 is 1.32 bits per heavy atom. The molecule has 5 heteroatoms.